The fraction of sp³-hybridized carbons (Fsp3) is 0.462. The molecule has 0 aliphatic carbocycles. The summed E-state index contributed by atoms with van der Waals surface area (Å²) in [6, 6.07) is 7.17. The number of rotatable bonds is 10. The van der Waals surface area contributed by atoms with Crippen LogP contribution in [0.4, 0.5) is 33.6 Å². The smallest absolute Gasteiger partial charge is 0.333 e. The van der Waals surface area contributed by atoms with Gasteiger partial charge in [-0.25, -0.2) is 18.7 Å². The maximum absolute atomic E-state index is 13.6. The molecule has 13 heteroatoms. The number of nitrogens with one attached hydrogen (secondary N) is 1. The number of nitrogens with two attached hydrogens (primary N) is 1. The lowest BCUT2D eigenvalue weighted by molar-refractivity contribution is -0.138. The van der Waals surface area contributed by atoms with E-state index in [-0.39, 0.29) is 43.5 Å². The number of piperidine rings is 1. The quantitative estimate of drug-likeness (QED) is 0.283. The van der Waals surface area contributed by atoms with Gasteiger partial charge in [0.2, 0.25) is 5.95 Å². The van der Waals surface area contributed by atoms with E-state index < -0.39 is 18.2 Å². The first-order valence-corrected chi connectivity index (χ1v) is 12.6. The molecule has 0 saturated carbocycles. The predicted molar refractivity (Wildman–Crippen MR) is 137 cm³/mol. The number of likely N-dealkylation sites (tertiary alicyclic amines) is 1. The SMILES string of the molecule is CN.O=CCc1ccccc1CCc1nc(Nc2cnn(C3CCN(CC(F)F)CC3)c2)ncc1C(F)(F)F. The molecule has 212 valence electrons. The standard InChI is InChI=1S/C25H27F5N6O.CH5N/c26-23(27)16-35-10-7-20(8-11-35)36-15-19(13-32-36)33-24-31-14-21(25(28,29)30)22(34-24)6-5-17-3-1-2-4-18(17)9-12-37;1-2/h1-4,12-15,20,23H,5-11,16H2,(H,31,33,34);2H2,1H3. The Kier molecular flexibility index (Phi) is 10.9. The molecule has 0 amide bonds. The van der Waals surface area contributed by atoms with Gasteiger partial charge in [0.05, 0.1) is 35.7 Å². The number of anilines is 2. The van der Waals surface area contributed by atoms with Crippen LogP contribution in [0.2, 0.25) is 0 Å². The molecule has 1 aliphatic rings. The number of nitrogens with zero attached hydrogens (tertiary/aromatic N) is 5. The summed E-state index contributed by atoms with van der Waals surface area (Å²) in [5.74, 6) is 0.00970. The van der Waals surface area contributed by atoms with Gasteiger partial charge in [0.25, 0.3) is 6.43 Å². The van der Waals surface area contributed by atoms with Crippen LogP contribution >= 0.6 is 0 Å². The number of hydrogen-bond acceptors (Lipinski definition) is 7. The molecule has 39 heavy (non-hydrogen) atoms. The molecule has 0 spiro atoms. The largest absolute Gasteiger partial charge is 0.419 e. The van der Waals surface area contributed by atoms with Crippen LogP contribution in [0.3, 0.4) is 0 Å². The van der Waals surface area contributed by atoms with E-state index in [4.69, 9.17) is 0 Å². The monoisotopic (exact) mass is 553 g/mol. The molecule has 1 aromatic carbocycles. The van der Waals surface area contributed by atoms with E-state index in [2.05, 4.69) is 26.1 Å². The van der Waals surface area contributed by atoms with E-state index >= 15 is 0 Å². The Balaban J connectivity index is 0.00000205. The van der Waals surface area contributed by atoms with Gasteiger partial charge in [0.15, 0.2) is 0 Å². The molecule has 3 aromatic rings. The highest BCUT2D eigenvalue weighted by atomic mass is 19.4. The van der Waals surface area contributed by atoms with Crippen LogP contribution in [-0.4, -0.2) is 64.0 Å². The fourth-order valence-corrected chi connectivity index (χ4v) is 4.54. The zero-order valence-electron chi connectivity index (χ0n) is 21.5. The number of carbonyl (C=O) groups is 1. The Morgan fingerprint density at radius 1 is 1.10 bits per heavy atom. The molecule has 2 aromatic heterocycles. The van der Waals surface area contributed by atoms with Gasteiger partial charge in [-0.15, -0.1) is 0 Å². The van der Waals surface area contributed by atoms with Crippen LogP contribution in [0.15, 0.2) is 42.9 Å². The van der Waals surface area contributed by atoms with E-state index in [0.29, 0.717) is 31.6 Å². The maximum Gasteiger partial charge on any atom is 0.419 e. The summed E-state index contributed by atoms with van der Waals surface area (Å²) in [5.41, 5.74) is 5.52. The lowest BCUT2D eigenvalue weighted by Gasteiger charge is -2.31. The molecular weight excluding hydrogens is 521 g/mol. The van der Waals surface area contributed by atoms with E-state index in [1.165, 1.54) is 13.2 Å². The summed E-state index contributed by atoms with van der Waals surface area (Å²) in [6.07, 6.45) is -0.382. The van der Waals surface area contributed by atoms with Crippen molar-refractivity contribution < 1.29 is 26.7 Å². The highest BCUT2D eigenvalue weighted by Gasteiger charge is 2.35. The van der Waals surface area contributed by atoms with Gasteiger partial charge in [-0.05, 0) is 43.9 Å². The van der Waals surface area contributed by atoms with Gasteiger partial charge in [0, 0.05) is 31.9 Å². The van der Waals surface area contributed by atoms with Crippen molar-refractivity contribution in [1.29, 1.82) is 0 Å². The summed E-state index contributed by atoms with van der Waals surface area (Å²) in [4.78, 5) is 20.7. The summed E-state index contributed by atoms with van der Waals surface area (Å²) in [5, 5.41) is 7.25. The van der Waals surface area contributed by atoms with Crippen molar-refractivity contribution in [3.8, 4) is 0 Å². The number of hydrogen-bond donors (Lipinski definition) is 2. The Morgan fingerprint density at radius 2 is 1.79 bits per heavy atom. The van der Waals surface area contributed by atoms with Crippen LogP contribution < -0.4 is 11.1 Å². The molecule has 0 unspecified atom stereocenters. The predicted octanol–water partition coefficient (Wildman–Crippen LogP) is 4.44. The molecule has 3 heterocycles. The number of benzene rings is 1. The molecule has 8 nitrogen and oxygen atoms in total. The molecule has 1 saturated heterocycles. The molecule has 1 fully saturated rings. The van der Waals surface area contributed by atoms with E-state index in [1.807, 2.05) is 0 Å². The van der Waals surface area contributed by atoms with Gasteiger partial charge in [-0.2, -0.15) is 18.3 Å². The van der Waals surface area contributed by atoms with Crippen LogP contribution in [0, 0.1) is 0 Å². The van der Waals surface area contributed by atoms with Crippen molar-refractivity contribution in [2.24, 2.45) is 5.73 Å². The number of aromatic nitrogens is 4. The van der Waals surface area contributed by atoms with Crippen molar-refractivity contribution in [1.82, 2.24) is 24.6 Å². The second-order valence-corrected chi connectivity index (χ2v) is 8.95. The summed E-state index contributed by atoms with van der Waals surface area (Å²) >= 11 is 0. The lowest BCUT2D eigenvalue weighted by Crippen LogP contribution is -2.37. The second-order valence-electron chi connectivity index (χ2n) is 8.95. The molecule has 0 bridgehead atoms. The van der Waals surface area contributed by atoms with Crippen LogP contribution in [0.1, 0.15) is 41.3 Å². The number of aldehydes is 1. The number of carbonyl (C=O) groups excluding carboxylic acids is 1. The molecule has 1 aliphatic heterocycles. The molecule has 0 radical (unpaired) electrons. The first-order valence-electron chi connectivity index (χ1n) is 12.6. The van der Waals surface area contributed by atoms with Crippen molar-refractivity contribution in [2.75, 3.05) is 32.0 Å². The molecule has 3 N–H and O–H groups in total. The Morgan fingerprint density at radius 3 is 2.44 bits per heavy atom. The number of alkyl halides is 5. The summed E-state index contributed by atoms with van der Waals surface area (Å²) < 4.78 is 67.8. The first-order chi connectivity index (χ1) is 18.7. The van der Waals surface area contributed by atoms with Crippen molar-refractivity contribution in [3.63, 3.8) is 0 Å². The highest BCUT2D eigenvalue weighted by Crippen LogP contribution is 2.32. The van der Waals surface area contributed by atoms with Gasteiger partial charge in [-0.3, -0.25) is 9.58 Å². The third-order valence-electron chi connectivity index (χ3n) is 6.41. The average Bonchev–Trinajstić information content (AvgIpc) is 3.37. The van der Waals surface area contributed by atoms with Crippen molar-refractivity contribution >= 4 is 17.9 Å². The topological polar surface area (TPSA) is 102 Å². The first kappa shape index (κ1) is 30.1. The van der Waals surface area contributed by atoms with Crippen LogP contribution in [-0.2, 0) is 30.2 Å². The Hall–Kier alpha value is -3.45. The van der Waals surface area contributed by atoms with Crippen LogP contribution in [0.5, 0.6) is 0 Å². The van der Waals surface area contributed by atoms with Gasteiger partial charge in [0.1, 0.15) is 6.29 Å². The van der Waals surface area contributed by atoms with E-state index in [9.17, 15) is 26.7 Å². The molecule has 0 atom stereocenters. The molecular formula is C26H32F5N7O. The third-order valence-corrected chi connectivity index (χ3v) is 6.41. The maximum atomic E-state index is 13.6. The van der Waals surface area contributed by atoms with Crippen molar-refractivity contribution in [2.45, 2.75) is 50.7 Å². The summed E-state index contributed by atoms with van der Waals surface area (Å²) in [6.45, 7) is 0.840. The minimum Gasteiger partial charge on any atom is -0.333 e. The summed E-state index contributed by atoms with van der Waals surface area (Å²) in [7, 11) is 1.50. The third kappa shape index (κ3) is 8.52. The van der Waals surface area contributed by atoms with Crippen molar-refractivity contribution in [3.05, 3.63) is 65.2 Å². The molecule has 4 rings (SSSR count). The van der Waals surface area contributed by atoms with Gasteiger partial charge < -0.3 is 15.8 Å². The second kappa shape index (κ2) is 14.1. The average molecular weight is 554 g/mol. The Labute approximate surface area is 223 Å². The van der Waals surface area contributed by atoms with E-state index in [0.717, 1.165) is 23.6 Å². The lowest BCUT2D eigenvalue weighted by atomic mass is 9.99. The van der Waals surface area contributed by atoms with Gasteiger partial charge >= 0.3 is 6.18 Å². The minimum absolute atomic E-state index is 0.00970. The zero-order valence-corrected chi connectivity index (χ0v) is 21.5. The number of aryl methyl sites for hydroxylation is 2. The van der Waals surface area contributed by atoms with E-state index in [1.54, 1.807) is 40.0 Å². The zero-order chi connectivity index (χ0) is 28.4. The fourth-order valence-electron chi connectivity index (χ4n) is 4.54. The normalized spacial score (nSPS) is 14.7. The highest BCUT2D eigenvalue weighted by molar-refractivity contribution is 5.56. The minimum atomic E-state index is -4.61. The van der Waals surface area contributed by atoms with Gasteiger partial charge in [-0.1, -0.05) is 24.3 Å². The van der Waals surface area contributed by atoms with Crippen LogP contribution in [0.25, 0.3) is 0 Å². The Bertz CT molecular complexity index is 1190. The number of halogens is 5.